The van der Waals surface area contributed by atoms with Gasteiger partial charge in [0.2, 0.25) is 0 Å². The van der Waals surface area contributed by atoms with Gasteiger partial charge >= 0.3 is 0 Å². The predicted octanol–water partition coefficient (Wildman–Crippen LogP) is 3.35. The highest BCUT2D eigenvalue weighted by atomic mass is 16.6. The number of benzene rings is 1. The van der Waals surface area contributed by atoms with Gasteiger partial charge in [0.25, 0.3) is 0 Å². The molecule has 3 nitrogen and oxygen atoms in total. The Morgan fingerprint density at radius 2 is 1.94 bits per heavy atom. The van der Waals surface area contributed by atoms with Gasteiger partial charge in [-0.3, -0.25) is 0 Å². The number of rotatable bonds is 2. The molecule has 0 amide bonds. The van der Waals surface area contributed by atoms with Crippen molar-refractivity contribution < 1.29 is 9.57 Å². The molecular formula is C14H19NO2. The third-order valence-electron chi connectivity index (χ3n) is 3.15. The molecule has 1 atom stereocenters. The number of nitrogens with zero attached hydrogens (tertiary/aromatic N) is 1. The van der Waals surface area contributed by atoms with E-state index >= 15 is 0 Å². The minimum absolute atomic E-state index is 0.190. The summed E-state index contributed by atoms with van der Waals surface area (Å²) < 4.78 is 5.17. The van der Waals surface area contributed by atoms with Crippen molar-refractivity contribution in [3.8, 4) is 5.75 Å². The summed E-state index contributed by atoms with van der Waals surface area (Å²) in [6.07, 6.45) is 0.953. The molecule has 3 heteroatoms. The molecule has 0 bridgehead atoms. The first kappa shape index (κ1) is 12.0. The highest BCUT2D eigenvalue weighted by molar-refractivity contribution is 5.88. The van der Waals surface area contributed by atoms with Crippen LogP contribution in [-0.4, -0.2) is 18.4 Å². The maximum atomic E-state index is 5.44. The van der Waals surface area contributed by atoms with Crippen LogP contribution in [0.5, 0.6) is 5.75 Å². The molecule has 1 aliphatic heterocycles. The lowest BCUT2D eigenvalue weighted by atomic mass is 9.84. The molecule has 0 aromatic heterocycles. The minimum atomic E-state index is -0.190. The van der Waals surface area contributed by atoms with Crippen LogP contribution in [-0.2, 0) is 4.84 Å². The van der Waals surface area contributed by atoms with E-state index in [9.17, 15) is 0 Å². The van der Waals surface area contributed by atoms with Crippen molar-refractivity contribution in [3.05, 3.63) is 29.8 Å². The largest absolute Gasteiger partial charge is 0.497 e. The standard InChI is InChI=1S/C14H19NO2/c1-10-13(9-14(2,3)17-15-10)11-5-7-12(16-4)8-6-11/h5-8,13H,9H2,1-4H3. The molecule has 1 aromatic carbocycles. The van der Waals surface area contributed by atoms with Crippen LogP contribution in [0.1, 0.15) is 38.7 Å². The predicted molar refractivity (Wildman–Crippen MR) is 68.6 cm³/mol. The third-order valence-corrected chi connectivity index (χ3v) is 3.15. The van der Waals surface area contributed by atoms with Gasteiger partial charge in [0, 0.05) is 12.3 Å². The van der Waals surface area contributed by atoms with Gasteiger partial charge in [-0.1, -0.05) is 17.3 Å². The van der Waals surface area contributed by atoms with Crippen LogP contribution in [0, 0.1) is 0 Å². The van der Waals surface area contributed by atoms with Crippen LogP contribution in [0.4, 0.5) is 0 Å². The molecule has 0 N–H and O–H groups in total. The van der Waals surface area contributed by atoms with Crippen LogP contribution in [0.15, 0.2) is 29.4 Å². The Balaban J connectivity index is 2.26. The van der Waals surface area contributed by atoms with Crippen molar-refractivity contribution in [2.45, 2.75) is 38.7 Å². The smallest absolute Gasteiger partial charge is 0.133 e. The van der Waals surface area contributed by atoms with Crippen molar-refractivity contribution in [2.75, 3.05) is 7.11 Å². The average Bonchev–Trinajstić information content (AvgIpc) is 2.33. The topological polar surface area (TPSA) is 30.8 Å². The zero-order chi connectivity index (χ0) is 12.5. The van der Waals surface area contributed by atoms with Gasteiger partial charge in [0.05, 0.1) is 12.8 Å². The van der Waals surface area contributed by atoms with Crippen LogP contribution in [0.25, 0.3) is 0 Å². The van der Waals surface area contributed by atoms with E-state index in [2.05, 4.69) is 31.1 Å². The SMILES string of the molecule is COc1ccc(C2CC(C)(C)ON=C2C)cc1. The Labute approximate surface area is 102 Å². The first-order chi connectivity index (χ1) is 8.02. The molecular weight excluding hydrogens is 214 g/mol. The monoisotopic (exact) mass is 233 g/mol. The van der Waals surface area contributed by atoms with Crippen molar-refractivity contribution in [1.82, 2.24) is 0 Å². The van der Waals surface area contributed by atoms with Crippen molar-refractivity contribution in [1.29, 1.82) is 0 Å². The summed E-state index contributed by atoms with van der Waals surface area (Å²) in [5.74, 6) is 1.22. The van der Waals surface area contributed by atoms with Gasteiger partial charge in [-0.05, 0) is 38.5 Å². The minimum Gasteiger partial charge on any atom is -0.497 e. The summed E-state index contributed by atoms with van der Waals surface area (Å²) in [6, 6.07) is 8.18. The fourth-order valence-corrected chi connectivity index (χ4v) is 2.13. The van der Waals surface area contributed by atoms with Crippen molar-refractivity contribution in [2.24, 2.45) is 5.16 Å². The van der Waals surface area contributed by atoms with Gasteiger partial charge < -0.3 is 9.57 Å². The van der Waals surface area contributed by atoms with Gasteiger partial charge in [-0.15, -0.1) is 0 Å². The molecule has 0 aliphatic carbocycles. The van der Waals surface area contributed by atoms with E-state index in [4.69, 9.17) is 9.57 Å². The quantitative estimate of drug-likeness (QED) is 0.784. The van der Waals surface area contributed by atoms with E-state index in [1.54, 1.807) is 7.11 Å². The second-order valence-corrected chi connectivity index (χ2v) is 5.11. The molecule has 17 heavy (non-hydrogen) atoms. The number of oxime groups is 1. The Morgan fingerprint density at radius 3 is 2.53 bits per heavy atom. The van der Waals surface area contributed by atoms with Gasteiger partial charge in [-0.25, -0.2) is 0 Å². The van der Waals surface area contributed by atoms with Gasteiger partial charge in [0.1, 0.15) is 11.4 Å². The molecule has 0 saturated heterocycles. The van der Waals surface area contributed by atoms with Crippen LogP contribution in [0.3, 0.4) is 0 Å². The van der Waals surface area contributed by atoms with E-state index in [-0.39, 0.29) is 5.60 Å². The number of ether oxygens (including phenoxy) is 1. The second-order valence-electron chi connectivity index (χ2n) is 5.11. The fourth-order valence-electron chi connectivity index (χ4n) is 2.13. The number of methoxy groups -OCH3 is 1. The van der Waals surface area contributed by atoms with Crippen molar-refractivity contribution >= 4 is 5.71 Å². The highest BCUT2D eigenvalue weighted by Gasteiger charge is 2.32. The lowest BCUT2D eigenvalue weighted by Crippen LogP contribution is -2.32. The first-order valence-electron chi connectivity index (χ1n) is 5.88. The van der Waals surface area contributed by atoms with Crippen LogP contribution >= 0.6 is 0 Å². The molecule has 2 rings (SSSR count). The molecule has 1 aromatic rings. The van der Waals surface area contributed by atoms with E-state index in [1.807, 2.05) is 19.1 Å². The lowest BCUT2D eigenvalue weighted by Gasteiger charge is -2.32. The number of hydrogen-bond acceptors (Lipinski definition) is 3. The summed E-state index contributed by atoms with van der Waals surface area (Å²) in [4.78, 5) is 5.44. The summed E-state index contributed by atoms with van der Waals surface area (Å²) in [7, 11) is 1.68. The van der Waals surface area contributed by atoms with E-state index < -0.39 is 0 Å². The normalized spacial score (nSPS) is 22.6. The molecule has 92 valence electrons. The molecule has 1 heterocycles. The first-order valence-corrected chi connectivity index (χ1v) is 5.88. The molecule has 0 spiro atoms. The molecule has 0 radical (unpaired) electrons. The van der Waals surface area contributed by atoms with Crippen molar-refractivity contribution in [3.63, 3.8) is 0 Å². The maximum absolute atomic E-state index is 5.44. The van der Waals surface area contributed by atoms with Gasteiger partial charge in [0.15, 0.2) is 0 Å². The molecule has 1 unspecified atom stereocenters. The Kier molecular flexibility index (Phi) is 3.09. The summed E-state index contributed by atoms with van der Waals surface area (Å²) in [6.45, 7) is 6.16. The zero-order valence-electron chi connectivity index (χ0n) is 10.9. The maximum Gasteiger partial charge on any atom is 0.133 e. The second kappa shape index (κ2) is 4.40. The van der Waals surface area contributed by atoms with Crippen LogP contribution < -0.4 is 4.74 Å². The number of hydrogen-bond donors (Lipinski definition) is 0. The van der Waals surface area contributed by atoms with E-state index in [0.29, 0.717) is 5.92 Å². The van der Waals surface area contributed by atoms with E-state index in [1.165, 1.54) is 5.56 Å². The molecule has 1 aliphatic rings. The van der Waals surface area contributed by atoms with Crippen LogP contribution in [0.2, 0.25) is 0 Å². The zero-order valence-corrected chi connectivity index (χ0v) is 10.9. The average molecular weight is 233 g/mol. The van der Waals surface area contributed by atoms with E-state index in [0.717, 1.165) is 17.9 Å². The third kappa shape index (κ3) is 2.60. The summed E-state index contributed by atoms with van der Waals surface area (Å²) in [5, 5.41) is 4.17. The fraction of sp³-hybridized carbons (Fsp3) is 0.500. The highest BCUT2D eigenvalue weighted by Crippen LogP contribution is 2.34. The summed E-state index contributed by atoms with van der Waals surface area (Å²) in [5.41, 5.74) is 2.11. The Morgan fingerprint density at radius 1 is 1.29 bits per heavy atom. The molecule has 0 saturated carbocycles. The van der Waals surface area contributed by atoms with Gasteiger partial charge in [-0.2, -0.15) is 0 Å². The Hall–Kier alpha value is -1.51. The Bertz CT molecular complexity index is 420. The molecule has 0 fully saturated rings. The summed E-state index contributed by atoms with van der Waals surface area (Å²) >= 11 is 0. The lowest BCUT2D eigenvalue weighted by molar-refractivity contribution is -0.0329.